The van der Waals surface area contributed by atoms with Crippen molar-refractivity contribution < 1.29 is 14.3 Å². The standard InChI is InChI=1S/C25H23N3O3/c29-23(26-13-11-16-14-27-19-9-5-4-8-18(16)19)21-20-10-12-25(31-20)15-28(24(30)22(21)25)17-6-2-1-3-7-17/h1-10,12,14,20-22,27H,11,13,15H2,(H,26,29)/t20-,21+,22+,25-/m1/s1. The van der Waals surface area contributed by atoms with Gasteiger partial charge in [0.15, 0.2) is 0 Å². The minimum absolute atomic E-state index is 0.0326. The number of aromatic nitrogens is 1. The molecule has 3 aliphatic heterocycles. The van der Waals surface area contributed by atoms with Gasteiger partial charge in [-0.05, 0) is 30.2 Å². The highest BCUT2D eigenvalue weighted by Crippen LogP contribution is 2.52. The van der Waals surface area contributed by atoms with Crippen molar-refractivity contribution in [1.29, 1.82) is 0 Å². The quantitative estimate of drug-likeness (QED) is 0.632. The van der Waals surface area contributed by atoms with Gasteiger partial charge in [-0.1, -0.05) is 48.6 Å². The largest absolute Gasteiger partial charge is 0.361 e. The fourth-order valence-electron chi connectivity index (χ4n) is 5.40. The number of rotatable bonds is 5. The Kier molecular flexibility index (Phi) is 4.05. The molecule has 0 radical (unpaired) electrons. The zero-order valence-electron chi connectivity index (χ0n) is 17.0. The Morgan fingerprint density at radius 3 is 2.84 bits per heavy atom. The van der Waals surface area contributed by atoms with Crippen LogP contribution in [-0.2, 0) is 20.7 Å². The number of benzene rings is 2. The van der Waals surface area contributed by atoms with Gasteiger partial charge in [-0.15, -0.1) is 0 Å². The number of para-hydroxylation sites is 2. The summed E-state index contributed by atoms with van der Waals surface area (Å²) in [5.74, 6) is -1.11. The molecule has 1 aromatic heterocycles. The predicted octanol–water partition coefficient (Wildman–Crippen LogP) is 2.81. The summed E-state index contributed by atoms with van der Waals surface area (Å²) in [5, 5.41) is 4.23. The van der Waals surface area contributed by atoms with Crippen LogP contribution in [0.25, 0.3) is 10.9 Å². The van der Waals surface area contributed by atoms with Crippen LogP contribution in [-0.4, -0.2) is 41.6 Å². The van der Waals surface area contributed by atoms with E-state index in [1.165, 1.54) is 10.9 Å². The number of carbonyl (C=O) groups excluding carboxylic acids is 2. The van der Waals surface area contributed by atoms with Crippen LogP contribution in [0.5, 0.6) is 0 Å². The number of nitrogens with zero attached hydrogens (tertiary/aromatic N) is 1. The van der Waals surface area contributed by atoms with Gasteiger partial charge in [0.25, 0.3) is 0 Å². The van der Waals surface area contributed by atoms with E-state index >= 15 is 0 Å². The third-order valence-corrected chi connectivity index (χ3v) is 6.84. The van der Waals surface area contributed by atoms with Crippen LogP contribution in [0.2, 0.25) is 0 Å². The van der Waals surface area contributed by atoms with E-state index in [2.05, 4.69) is 16.4 Å². The summed E-state index contributed by atoms with van der Waals surface area (Å²) >= 11 is 0. The van der Waals surface area contributed by atoms with Gasteiger partial charge in [0.05, 0.1) is 24.5 Å². The fourth-order valence-corrected chi connectivity index (χ4v) is 5.40. The number of ether oxygens (including phenoxy) is 1. The molecular weight excluding hydrogens is 390 g/mol. The van der Waals surface area contributed by atoms with Gasteiger partial charge in [0.2, 0.25) is 11.8 Å². The number of hydrogen-bond acceptors (Lipinski definition) is 3. The number of fused-ring (bicyclic) bond motifs is 2. The molecule has 2 bridgehead atoms. The minimum atomic E-state index is -0.698. The Labute approximate surface area is 179 Å². The molecule has 0 saturated carbocycles. The Bertz CT molecular complexity index is 1200. The van der Waals surface area contributed by atoms with Crippen molar-refractivity contribution in [2.24, 2.45) is 11.8 Å². The van der Waals surface area contributed by atoms with Crippen LogP contribution in [0.4, 0.5) is 5.69 Å². The summed E-state index contributed by atoms with van der Waals surface area (Å²) in [6.45, 7) is 0.969. The van der Waals surface area contributed by atoms with Crippen molar-refractivity contribution in [3.05, 3.63) is 78.5 Å². The first kappa shape index (κ1) is 18.4. The van der Waals surface area contributed by atoms with Crippen molar-refractivity contribution in [2.45, 2.75) is 18.1 Å². The first-order valence-corrected chi connectivity index (χ1v) is 10.7. The second kappa shape index (κ2) is 6.82. The van der Waals surface area contributed by atoms with Gasteiger partial charge in [0, 0.05) is 29.3 Å². The first-order chi connectivity index (χ1) is 15.2. The molecule has 4 atom stereocenters. The lowest BCUT2D eigenvalue weighted by Crippen LogP contribution is -2.44. The Hall–Kier alpha value is -3.38. The topological polar surface area (TPSA) is 74.4 Å². The number of amides is 2. The number of anilines is 1. The fraction of sp³-hybridized carbons (Fsp3) is 0.280. The van der Waals surface area contributed by atoms with Crippen molar-refractivity contribution in [3.63, 3.8) is 0 Å². The monoisotopic (exact) mass is 413 g/mol. The predicted molar refractivity (Wildman–Crippen MR) is 118 cm³/mol. The molecule has 3 aromatic rings. The molecule has 0 unspecified atom stereocenters. The van der Waals surface area contributed by atoms with Crippen LogP contribution in [0.15, 0.2) is 72.9 Å². The van der Waals surface area contributed by atoms with Crippen LogP contribution in [0, 0.1) is 11.8 Å². The van der Waals surface area contributed by atoms with Crippen molar-refractivity contribution >= 4 is 28.4 Å². The molecule has 1 spiro atoms. The lowest BCUT2D eigenvalue weighted by atomic mass is 9.77. The van der Waals surface area contributed by atoms with Gasteiger partial charge >= 0.3 is 0 Å². The average Bonchev–Trinajstić information content (AvgIpc) is 3.54. The number of nitrogens with one attached hydrogen (secondary N) is 2. The van der Waals surface area contributed by atoms with E-state index in [0.717, 1.165) is 17.6 Å². The van der Waals surface area contributed by atoms with Crippen LogP contribution in [0.1, 0.15) is 5.56 Å². The maximum atomic E-state index is 13.3. The molecule has 6 nitrogen and oxygen atoms in total. The minimum Gasteiger partial charge on any atom is -0.361 e. The number of hydrogen-bond donors (Lipinski definition) is 2. The first-order valence-electron chi connectivity index (χ1n) is 10.7. The third-order valence-electron chi connectivity index (χ3n) is 6.84. The summed E-state index contributed by atoms with van der Waals surface area (Å²) in [6, 6.07) is 17.7. The molecule has 3 aliphatic rings. The van der Waals surface area contributed by atoms with E-state index in [1.807, 2.05) is 66.9 Å². The van der Waals surface area contributed by atoms with Crippen LogP contribution >= 0.6 is 0 Å². The molecule has 31 heavy (non-hydrogen) atoms. The number of carbonyl (C=O) groups is 2. The highest BCUT2D eigenvalue weighted by molar-refractivity contribution is 6.03. The van der Waals surface area contributed by atoms with E-state index in [1.54, 1.807) is 4.90 Å². The maximum Gasteiger partial charge on any atom is 0.234 e. The van der Waals surface area contributed by atoms with E-state index in [4.69, 9.17) is 4.74 Å². The zero-order valence-corrected chi connectivity index (χ0v) is 17.0. The Balaban J connectivity index is 1.18. The molecule has 4 heterocycles. The molecule has 156 valence electrons. The van der Waals surface area contributed by atoms with Gasteiger partial charge < -0.3 is 19.9 Å². The second-order valence-corrected chi connectivity index (χ2v) is 8.56. The Morgan fingerprint density at radius 2 is 1.97 bits per heavy atom. The lowest BCUT2D eigenvalue weighted by Gasteiger charge is -2.23. The summed E-state index contributed by atoms with van der Waals surface area (Å²) in [5.41, 5.74) is 2.41. The highest BCUT2D eigenvalue weighted by atomic mass is 16.5. The smallest absolute Gasteiger partial charge is 0.234 e. The van der Waals surface area contributed by atoms with Crippen molar-refractivity contribution in [2.75, 3.05) is 18.0 Å². The van der Waals surface area contributed by atoms with E-state index < -0.39 is 17.4 Å². The highest BCUT2D eigenvalue weighted by Gasteiger charge is 2.66. The van der Waals surface area contributed by atoms with Gasteiger partial charge in [-0.3, -0.25) is 9.59 Å². The van der Waals surface area contributed by atoms with Crippen molar-refractivity contribution in [3.8, 4) is 0 Å². The SMILES string of the molecule is O=C(NCCc1c[nH]c2ccccc12)[C@@H]1[C@H]2C(=O)N(c3ccccc3)C[C@]23C=C[C@H]1O3. The summed E-state index contributed by atoms with van der Waals surface area (Å²) in [7, 11) is 0. The van der Waals surface area contributed by atoms with E-state index in [-0.39, 0.29) is 17.9 Å². The summed E-state index contributed by atoms with van der Waals surface area (Å²) in [4.78, 5) is 31.5. The summed E-state index contributed by atoms with van der Waals surface area (Å²) in [6.07, 6.45) is 6.32. The molecule has 2 amide bonds. The molecule has 0 aliphatic carbocycles. The second-order valence-electron chi connectivity index (χ2n) is 8.56. The van der Waals surface area contributed by atoms with E-state index in [0.29, 0.717) is 13.1 Å². The molecule has 6 heteroatoms. The van der Waals surface area contributed by atoms with Gasteiger partial charge in [-0.2, -0.15) is 0 Å². The van der Waals surface area contributed by atoms with Crippen LogP contribution in [0.3, 0.4) is 0 Å². The summed E-state index contributed by atoms with van der Waals surface area (Å²) < 4.78 is 6.21. The Morgan fingerprint density at radius 1 is 1.16 bits per heavy atom. The average molecular weight is 413 g/mol. The molecule has 2 fully saturated rings. The molecule has 2 N–H and O–H groups in total. The zero-order chi connectivity index (χ0) is 21.0. The van der Waals surface area contributed by atoms with Gasteiger partial charge in [-0.25, -0.2) is 0 Å². The molecule has 2 aromatic carbocycles. The number of H-pyrrole nitrogens is 1. The van der Waals surface area contributed by atoms with E-state index in [9.17, 15) is 9.59 Å². The lowest BCUT2D eigenvalue weighted by molar-refractivity contribution is -0.131. The normalized spacial score (nSPS) is 28.5. The van der Waals surface area contributed by atoms with Crippen molar-refractivity contribution in [1.82, 2.24) is 10.3 Å². The third kappa shape index (κ3) is 2.75. The molecule has 6 rings (SSSR count). The van der Waals surface area contributed by atoms with Crippen LogP contribution < -0.4 is 10.2 Å². The molecule has 2 saturated heterocycles. The van der Waals surface area contributed by atoms with Gasteiger partial charge in [0.1, 0.15) is 5.60 Å². The molecular formula is C25H23N3O3. The maximum absolute atomic E-state index is 13.3. The number of aromatic amines is 1.